The Kier molecular flexibility index (Phi) is 5.77. The smallest absolute Gasteiger partial charge is 0.0638 e. The Morgan fingerprint density at radius 3 is 2.80 bits per heavy atom. The van der Waals surface area contributed by atoms with Crippen molar-refractivity contribution in [3.8, 4) is 0 Å². The van der Waals surface area contributed by atoms with Gasteiger partial charge in [0.2, 0.25) is 0 Å². The maximum absolute atomic E-state index is 6.66. The van der Waals surface area contributed by atoms with Gasteiger partial charge in [-0.3, -0.25) is 4.98 Å². The number of hydrogen-bond donors (Lipinski definition) is 1. The molecule has 0 bridgehead atoms. The van der Waals surface area contributed by atoms with Crippen molar-refractivity contribution in [1.82, 2.24) is 10.3 Å². The molecule has 1 fully saturated rings. The minimum atomic E-state index is -0.234. The van der Waals surface area contributed by atoms with Crippen LogP contribution in [0.5, 0.6) is 0 Å². The van der Waals surface area contributed by atoms with E-state index in [4.69, 9.17) is 16.6 Å². The first-order valence-corrected chi connectivity index (χ1v) is 10.2. The van der Waals surface area contributed by atoms with Gasteiger partial charge >= 0.3 is 0 Å². The number of nitrogens with one attached hydrogen (secondary N) is 1. The van der Waals surface area contributed by atoms with Crippen molar-refractivity contribution in [1.29, 1.82) is 0 Å². The van der Waals surface area contributed by atoms with Crippen LogP contribution in [0.4, 0.5) is 0 Å². The molecule has 0 radical (unpaired) electrons. The van der Waals surface area contributed by atoms with Gasteiger partial charge in [-0.2, -0.15) is 0 Å². The van der Waals surface area contributed by atoms with Crippen molar-refractivity contribution in [2.45, 2.75) is 57.2 Å². The van der Waals surface area contributed by atoms with Crippen LogP contribution in [-0.2, 0) is 6.42 Å². The van der Waals surface area contributed by atoms with Crippen LogP contribution < -0.4 is 5.32 Å². The Morgan fingerprint density at radius 1 is 1.28 bits per heavy atom. The number of halogens is 2. The largest absolute Gasteiger partial charge is 0.317 e. The summed E-state index contributed by atoms with van der Waals surface area (Å²) < 4.78 is 1.09. The molecule has 0 aromatic carbocycles. The minimum Gasteiger partial charge on any atom is -0.317 e. The number of nitrogens with zero attached hydrogens (tertiary/aromatic N) is 1. The number of piperidine rings is 1. The lowest BCUT2D eigenvalue weighted by atomic mass is 9.74. The van der Waals surface area contributed by atoms with Gasteiger partial charge in [0, 0.05) is 16.6 Å². The van der Waals surface area contributed by atoms with Gasteiger partial charge in [0.15, 0.2) is 0 Å². The summed E-state index contributed by atoms with van der Waals surface area (Å²) in [7, 11) is 0. The van der Waals surface area contributed by atoms with Gasteiger partial charge in [-0.25, -0.2) is 0 Å². The van der Waals surface area contributed by atoms with Gasteiger partial charge in [-0.05, 0) is 91.2 Å². The molecule has 136 valence electrons. The molecule has 0 spiro atoms. The molecule has 2 nitrogen and oxygen atoms in total. The van der Waals surface area contributed by atoms with E-state index in [2.05, 4.69) is 46.4 Å². The summed E-state index contributed by atoms with van der Waals surface area (Å²) in [6.07, 6.45) is 12.1. The van der Waals surface area contributed by atoms with E-state index >= 15 is 0 Å². The molecule has 2 unspecified atom stereocenters. The van der Waals surface area contributed by atoms with Gasteiger partial charge in [0.1, 0.15) is 0 Å². The summed E-state index contributed by atoms with van der Waals surface area (Å²) in [6.45, 7) is 4.36. The van der Waals surface area contributed by atoms with Crippen LogP contribution in [0.2, 0.25) is 0 Å². The van der Waals surface area contributed by atoms with Gasteiger partial charge in [-0.15, -0.1) is 11.6 Å². The maximum Gasteiger partial charge on any atom is 0.0638 e. The predicted molar refractivity (Wildman–Crippen MR) is 110 cm³/mol. The summed E-state index contributed by atoms with van der Waals surface area (Å²) in [6, 6.07) is 2.28. The molecule has 4 heteroatoms. The second-order valence-electron chi connectivity index (χ2n) is 7.61. The molecule has 25 heavy (non-hydrogen) atoms. The van der Waals surface area contributed by atoms with E-state index in [9.17, 15) is 0 Å². The number of allylic oxidation sites excluding steroid dienone is 4. The topological polar surface area (TPSA) is 24.9 Å². The third-order valence-electron chi connectivity index (χ3n) is 5.73. The Bertz CT molecular complexity index is 702. The zero-order chi connectivity index (χ0) is 16.7. The van der Waals surface area contributed by atoms with Crippen LogP contribution in [0, 0.1) is 5.92 Å². The van der Waals surface area contributed by atoms with E-state index in [0.29, 0.717) is 11.8 Å². The molecule has 1 saturated heterocycles. The summed E-state index contributed by atoms with van der Waals surface area (Å²) in [4.78, 5) is 4.66. The Morgan fingerprint density at radius 2 is 2.04 bits per heavy atom. The predicted octanol–water partition coefficient (Wildman–Crippen LogP) is 5.76. The fourth-order valence-electron chi connectivity index (χ4n) is 4.58. The molecule has 1 aromatic heterocycles. The van der Waals surface area contributed by atoms with Crippen molar-refractivity contribution in [2.24, 2.45) is 5.92 Å². The molecule has 4 rings (SSSR count). The minimum absolute atomic E-state index is 0. The average Bonchev–Trinajstić information content (AvgIpc) is 2.71. The summed E-state index contributed by atoms with van der Waals surface area (Å²) in [5.74, 6) is 1.10. The first kappa shape index (κ1) is 19.1. The number of rotatable bonds is 1. The van der Waals surface area contributed by atoms with E-state index < -0.39 is 0 Å². The molecule has 1 N–H and O–H groups in total. The number of hydrogen-bond acceptors (Lipinski definition) is 2. The van der Waals surface area contributed by atoms with Crippen molar-refractivity contribution in [2.75, 3.05) is 13.1 Å². The highest BCUT2D eigenvalue weighted by Gasteiger charge is 2.36. The van der Waals surface area contributed by atoms with E-state index in [-0.39, 0.29) is 12.3 Å². The maximum atomic E-state index is 6.66. The molecule has 2 atom stereocenters. The first-order valence-electron chi connectivity index (χ1n) is 8.98. The number of fused-ring (bicyclic) bond motifs is 1. The second kappa shape index (κ2) is 7.54. The molecule has 1 aliphatic heterocycles. The van der Waals surface area contributed by atoms with Gasteiger partial charge in [0.05, 0.1) is 10.6 Å². The van der Waals surface area contributed by atoms with Crippen LogP contribution in [0.25, 0.3) is 0 Å². The fourth-order valence-corrected chi connectivity index (χ4v) is 5.18. The number of pyridine rings is 1. The normalized spacial score (nSPS) is 29.5. The molecular weight excluding hydrogens is 396 g/mol. The van der Waals surface area contributed by atoms with Gasteiger partial charge < -0.3 is 5.32 Å². The lowest BCUT2D eigenvalue weighted by Gasteiger charge is -2.35. The van der Waals surface area contributed by atoms with E-state index in [1.165, 1.54) is 29.7 Å². The summed E-state index contributed by atoms with van der Waals surface area (Å²) in [5.41, 5.74) is 5.77. The Balaban J connectivity index is 0.00000182. The van der Waals surface area contributed by atoms with Crippen LogP contribution in [0.3, 0.4) is 0 Å². The summed E-state index contributed by atoms with van der Waals surface area (Å²) in [5, 5.41) is 3.50. The number of alkyl halides is 1. The second-order valence-corrected chi connectivity index (χ2v) is 9.39. The average molecular weight is 424 g/mol. The van der Waals surface area contributed by atoms with Crippen LogP contribution in [-0.4, -0.2) is 22.9 Å². The van der Waals surface area contributed by atoms with Gasteiger partial charge in [0.25, 0.3) is 0 Å². The van der Waals surface area contributed by atoms with Crippen molar-refractivity contribution in [3.05, 3.63) is 51.3 Å². The lowest BCUT2D eigenvalue weighted by molar-refractivity contribution is 0.337. The van der Waals surface area contributed by atoms with Gasteiger partial charge in [-0.1, -0.05) is 25.2 Å². The number of aromatic nitrogens is 1. The lowest BCUT2D eigenvalue weighted by Crippen LogP contribution is -2.32. The Hall–Kier alpha value is -0.640. The molecule has 2 aliphatic carbocycles. The third kappa shape index (κ3) is 3.89. The number of aryl methyl sites for hydroxylation is 1. The van der Waals surface area contributed by atoms with Crippen LogP contribution in [0.1, 0.15) is 57.2 Å². The van der Waals surface area contributed by atoms with Crippen molar-refractivity contribution < 1.29 is 0 Å². The first-order chi connectivity index (χ1) is 11.5. The van der Waals surface area contributed by atoms with Crippen LogP contribution in [0.15, 0.2) is 40.0 Å². The zero-order valence-electron chi connectivity index (χ0n) is 14.1. The fraction of sp³-hybridized carbons (Fsp3) is 0.571. The molecule has 0 amide bonds. The SMILES string of the molecule is C.CC1(Cl)C=CC2=C(CCc3cc(Br)cnc3C2C2CCNCC2)C1. The molecule has 0 saturated carbocycles. The molecule has 1 aromatic rings. The molecule has 2 heterocycles. The van der Waals surface area contributed by atoms with Crippen LogP contribution >= 0.6 is 27.5 Å². The van der Waals surface area contributed by atoms with Crippen molar-refractivity contribution >= 4 is 27.5 Å². The van der Waals surface area contributed by atoms with E-state index in [0.717, 1.165) is 36.8 Å². The molecule has 3 aliphatic rings. The highest BCUT2D eigenvalue weighted by atomic mass is 79.9. The molecular formula is C21H28BrClN2. The zero-order valence-corrected chi connectivity index (χ0v) is 16.5. The van der Waals surface area contributed by atoms with Crippen molar-refractivity contribution in [3.63, 3.8) is 0 Å². The third-order valence-corrected chi connectivity index (χ3v) is 6.42. The monoisotopic (exact) mass is 422 g/mol. The Labute approximate surface area is 165 Å². The summed E-state index contributed by atoms with van der Waals surface area (Å²) >= 11 is 10.3. The highest BCUT2D eigenvalue weighted by Crippen LogP contribution is 2.47. The van der Waals surface area contributed by atoms with E-state index in [1.807, 2.05) is 6.20 Å². The highest BCUT2D eigenvalue weighted by molar-refractivity contribution is 9.10. The standard InChI is InChI=1S/C20H24BrClN2.CH4/c1-20(22)7-4-17-15(11-20)3-2-14-10-16(21)12-24-19(14)18(17)13-5-8-23-9-6-13;/h4,7,10,12-13,18,23H,2-3,5-6,8-9,11H2,1H3;1H4. The van der Waals surface area contributed by atoms with E-state index in [1.54, 1.807) is 5.57 Å². The quantitative estimate of drug-likeness (QED) is 0.580.